The van der Waals surface area contributed by atoms with Crippen molar-refractivity contribution < 1.29 is 4.79 Å². The molecule has 1 rings (SSSR count). The van der Waals surface area contributed by atoms with Crippen molar-refractivity contribution in [2.45, 2.75) is 32.2 Å². The number of nitrogens with zero attached hydrogens (tertiary/aromatic N) is 1. The Balaban J connectivity index is 2.33. The molecule has 2 nitrogen and oxygen atoms in total. The zero-order chi connectivity index (χ0) is 7.56. The quantitative estimate of drug-likeness (QED) is 0.573. The largest absolute Gasteiger partial charge is 0.303 e. The molecule has 2 heteroatoms. The molecule has 0 aliphatic carbocycles. The van der Waals surface area contributed by atoms with Gasteiger partial charge in [-0.3, -0.25) is 4.79 Å². The summed E-state index contributed by atoms with van der Waals surface area (Å²) in [5, 5.41) is 0. The first kappa shape index (κ1) is 7.73. The van der Waals surface area contributed by atoms with E-state index in [0.717, 1.165) is 13.0 Å². The van der Waals surface area contributed by atoms with Crippen LogP contribution in [0.5, 0.6) is 0 Å². The third-order valence-corrected chi connectivity index (χ3v) is 2.19. The molecule has 1 aliphatic heterocycles. The normalized spacial score (nSPS) is 27.2. The van der Waals surface area contributed by atoms with E-state index in [1.807, 2.05) is 0 Å². The predicted molar refractivity (Wildman–Crippen MR) is 41.0 cm³/mol. The van der Waals surface area contributed by atoms with Crippen LogP contribution >= 0.6 is 0 Å². The Morgan fingerprint density at radius 3 is 2.80 bits per heavy atom. The minimum Gasteiger partial charge on any atom is -0.303 e. The fraction of sp³-hybridized carbons (Fsp3) is 0.875. The summed E-state index contributed by atoms with van der Waals surface area (Å²) >= 11 is 0. The van der Waals surface area contributed by atoms with Gasteiger partial charge in [-0.1, -0.05) is 0 Å². The lowest BCUT2D eigenvalue weighted by molar-refractivity contribution is -0.117. The van der Waals surface area contributed by atoms with Crippen molar-refractivity contribution in [3.8, 4) is 0 Å². The molecule has 1 atom stereocenters. The maximum atomic E-state index is 10.7. The van der Waals surface area contributed by atoms with Crippen LogP contribution in [-0.4, -0.2) is 30.3 Å². The molecule has 0 aromatic heterocycles. The number of Topliss-reactive ketones (excluding diaryl/α,β-unsaturated/α-hetero) is 1. The van der Waals surface area contributed by atoms with Crippen LogP contribution < -0.4 is 0 Å². The van der Waals surface area contributed by atoms with Crippen molar-refractivity contribution >= 4 is 5.78 Å². The number of ketones is 1. The van der Waals surface area contributed by atoms with E-state index in [0.29, 0.717) is 11.8 Å². The summed E-state index contributed by atoms with van der Waals surface area (Å²) in [5.74, 6) is 0.318. The van der Waals surface area contributed by atoms with Crippen LogP contribution in [-0.2, 0) is 4.79 Å². The zero-order valence-corrected chi connectivity index (χ0v) is 6.76. The average molecular weight is 141 g/mol. The van der Waals surface area contributed by atoms with E-state index in [4.69, 9.17) is 0 Å². The highest BCUT2D eigenvalue weighted by Crippen LogP contribution is 2.17. The van der Waals surface area contributed by atoms with Gasteiger partial charge in [0.2, 0.25) is 0 Å². The minimum atomic E-state index is 0.318. The maximum absolute atomic E-state index is 10.7. The van der Waals surface area contributed by atoms with E-state index in [9.17, 15) is 4.79 Å². The predicted octanol–water partition coefficient (Wildman–Crippen LogP) is 1.06. The molecular formula is C8H15NO. The van der Waals surface area contributed by atoms with E-state index < -0.39 is 0 Å². The molecule has 0 spiro atoms. The zero-order valence-electron chi connectivity index (χ0n) is 6.76. The van der Waals surface area contributed by atoms with Gasteiger partial charge in [0.25, 0.3) is 0 Å². The molecule has 0 saturated carbocycles. The summed E-state index contributed by atoms with van der Waals surface area (Å²) in [6.45, 7) is 2.84. The highest BCUT2D eigenvalue weighted by atomic mass is 16.1. The van der Waals surface area contributed by atoms with Gasteiger partial charge in [-0.15, -0.1) is 0 Å². The summed E-state index contributed by atoms with van der Waals surface area (Å²) in [7, 11) is 2.10. The van der Waals surface area contributed by atoms with Crippen LogP contribution in [0.4, 0.5) is 0 Å². The van der Waals surface area contributed by atoms with Crippen molar-refractivity contribution in [1.29, 1.82) is 0 Å². The van der Waals surface area contributed by atoms with Gasteiger partial charge in [0.15, 0.2) is 0 Å². The van der Waals surface area contributed by atoms with Gasteiger partial charge in [-0.05, 0) is 33.4 Å². The summed E-state index contributed by atoms with van der Waals surface area (Å²) in [5.41, 5.74) is 0. The topological polar surface area (TPSA) is 20.3 Å². The molecule has 58 valence electrons. The average Bonchev–Trinajstić information content (AvgIpc) is 2.15. The maximum Gasteiger partial charge on any atom is 0.131 e. The Bertz CT molecular complexity index is 133. The van der Waals surface area contributed by atoms with Crippen LogP contribution in [0.3, 0.4) is 0 Å². The fourth-order valence-corrected chi connectivity index (χ4v) is 1.57. The van der Waals surface area contributed by atoms with Crippen LogP contribution in [0, 0.1) is 0 Å². The summed E-state index contributed by atoms with van der Waals surface area (Å²) in [6, 6.07) is 0.539. The Morgan fingerprint density at radius 1 is 1.70 bits per heavy atom. The molecule has 0 N–H and O–H groups in total. The molecule has 10 heavy (non-hydrogen) atoms. The Labute approximate surface area is 62.2 Å². The molecule has 0 amide bonds. The molecule has 1 heterocycles. The lowest BCUT2D eigenvalue weighted by Crippen LogP contribution is -2.26. The fourth-order valence-electron chi connectivity index (χ4n) is 1.57. The highest BCUT2D eigenvalue weighted by Gasteiger charge is 2.21. The molecule has 1 fully saturated rings. The molecule has 0 aromatic rings. The molecule has 0 aromatic carbocycles. The standard InChI is InChI=1S/C8H15NO/c1-7(10)6-8-4-3-5-9(8)2/h8H,3-6H2,1-2H3/t8-/m1/s1. The van der Waals surface area contributed by atoms with Gasteiger partial charge in [0.05, 0.1) is 0 Å². The Hall–Kier alpha value is -0.370. The third kappa shape index (κ3) is 1.81. The number of likely N-dealkylation sites (tertiary alicyclic amines) is 1. The monoisotopic (exact) mass is 141 g/mol. The molecule has 0 bridgehead atoms. The van der Waals surface area contributed by atoms with Crippen molar-refractivity contribution in [2.75, 3.05) is 13.6 Å². The summed E-state index contributed by atoms with van der Waals surface area (Å²) in [4.78, 5) is 13.0. The van der Waals surface area contributed by atoms with Gasteiger partial charge in [0.1, 0.15) is 5.78 Å². The SMILES string of the molecule is CC(=O)C[C@H]1CCCN1C. The number of hydrogen-bond donors (Lipinski definition) is 0. The molecular weight excluding hydrogens is 126 g/mol. The van der Waals surface area contributed by atoms with Gasteiger partial charge in [0, 0.05) is 12.5 Å². The number of carbonyl (C=O) groups is 1. The number of hydrogen-bond acceptors (Lipinski definition) is 2. The second-order valence-electron chi connectivity index (χ2n) is 3.18. The van der Waals surface area contributed by atoms with Crippen molar-refractivity contribution in [3.63, 3.8) is 0 Å². The first-order valence-corrected chi connectivity index (χ1v) is 3.90. The van der Waals surface area contributed by atoms with E-state index in [2.05, 4.69) is 11.9 Å². The number of rotatable bonds is 2. The highest BCUT2D eigenvalue weighted by molar-refractivity contribution is 5.76. The lowest BCUT2D eigenvalue weighted by Gasteiger charge is -2.17. The summed E-state index contributed by atoms with van der Waals surface area (Å²) in [6.07, 6.45) is 3.21. The van der Waals surface area contributed by atoms with Crippen LogP contribution in [0.25, 0.3) is 0 Å². The van der Waals surface area contributed by atoms with Gasteiger partial charge < -0.3 is 4.90 Å². The Morgan fingerprint density at radius 2 is 2.40 bits per heavy atom. The first-order valence-electron chi connectivity index (χ1n) is 3.90. The van der Waals surface area contributed by atoms with Gasteiger partial charge in [-0.2, -0.15) is 0 Å². The third-order valence-electron chi connectivity index (χ3n) is 2.19. The molecule has 0 radical (unpaired) electrons. The van der Waals surface area contributed by atoms with Gasteiger partial charge in [-0.25, -0.2) is 0 Å². The van der Waals surface area contributed by atoms with Crippen molar-refractivity contribution in [3.05, 3.63) is 0 Å². The molecule has 1 aliphatic rings. The van der Waals surface area contributed by atoms with Crippen LogP contribution in [0.2, 0.25) is 0 Å². The van der Waals surface area contributed by atoms with E-state index in [-0.39, 0.29) is 0 Å². The number of carbonyl (C=O) groups excluding carboxylic acids is 1. The van der Waals surface area contributed by atoms with E-state index >= 15 is 0 Å². The second-order valence-corrected chi connectivity index (χ2v) is 3.18. The van der Waals surface area contributed by atoms with E-state index in [1.165, 1.54) is 12.8 Å². The van der Waals surface area contributed by atoms with Crippen molar-refractivity contribution in [2.24, 2.45) is 0 Å². The first-order chi connectivity index (χ1) is 4.70. The minimum absolute atomic E-state index is 0.318. The second kappa shape index (κ2) is 3.15. The smallest absolute Gasteiger partial charge is 0.131 e. The van der Waals surface area contributed by atoms with Crippen molar-refractivity contribution in [1.82, 2.24) is 4.90 Å². The van der Waals surface area contributed by atoms with Crippen LogP contribution in [0.1, 0.15) is 26.2 Å². The van der Waals surface area contributed by atoms with Gasteiger partial charge >= 0.3 is 0 Å². The molecule has 1 saturated heterocycles. The lowest BCUT2D eigenvalue weighted by atomic mass is 10.1. The Kier molecular flexibility index (Phi) is 2.44. The van der Waals surface area contributed by atoms with Crippen LogP contribution in [0.15, 0.2) is 0 Å². The molecule has 0 unspecified atom stereocenters. The summed E-state index contributed by atoms with van der Waals surface area (Å²) < 4.78 is 0. The van der Waals surface area contributed by atoms with E-state index in [1.54, 1.807) is 6.92 Å².